The van der Waals surface area contributed by atoms with E-state index in [0.29, 0.717) is 39.7 Å². The SMILES string of the molecule is Cc1c(C(=O)c2ccc(Br)c3ccccc23)c2ccc(Cl)c(Cl)c2n1CCCNS(C)(=O)=O. The molecule has 0 aliphatic carbocycles. The van der Waals surface area contributed by atoms with E-state index >= 15 is 0 Å². The van der Waals surface area contributed by atoms with E-state index in [1.165, 1.54) is 0 Å². The van der Waals surface area contributed by atoms with E-state index in [2.05, 4.69) is 20.7 Å². The van der Waals surface area contributed by atoms with Crippen molar-refractivity contribution in [1.82, 2.24) is 9.29 Å². The largest absolute Gasteiger partial charge is 0.343 e. The Balaban J connectivity index is 1.85. The van der Waals surface area contributed by atoms with Gasteiger partial charge in [-0.3, -0.25) is 4.79 Å². The fraction of sp³-hybridized carbons (Fsp3) is 0.208. The number of sulfonamides is 1. The Bertz CT molecular complexity index is 1510. The van der Waals surface area contributed by atoms with E-state index in [9.17, 15) is 13.2 Å². The summed E-state index contributed by atoms with van der Waals surface area (Å²) in [5.41, 5.74) is 2.59. The number of carbonyl (C=O) groups excluding carboxylic acids is 1. The van der Waals surface area contributed by atoms with Crippen molar-refractivity contribution in [3.8, 4) is 0 Å². The third kappa shape index (κ3) is 4.70. The Morgan fingerprint density at radius 3 is 2.42 bits per heavy atom. The quantitative estimate of drug-likeness (QED) is 0.209. The lowest BCUT2D eigenvalue weighted by atomic mass is 9.95. The molecule has 1 heterocycles. The maximum absolute atomic E-state index is 13.9. The molecule has 4 aromatic rings. The van der Waals surface area contributed by atoms with E-state index in [1.807, 2.05) is 54.0 Å². The third-order valence-electron chi connectivity index (χ3n) is 5.64. The number of benzene rings is 3. The predicted molar refractivity (Wildman–Crippen MR) is 139 cm³/mol. The van der Waals surface area contributed by atoms with Gasteiger partial charge in [-0.25, -0.2) is 13.1 Å². The molecule has 3 aromatic carbocycles. The molecular weight excluding hydrogens is 547 g/mol. The van der Waals surface area contributed by atoms with Crippen LogP contribution in [0.15, 0.2) is 53.0 Å². The van der Waals surface area contributed by atoms with Gasteiger partial charge in [0.1, 0.15) is 0 Å². The molecular formula is C24H21BrCl2N2O3S. The third-order valence-corrected chi connectivity index (χ3v) is 7.85. The monoisotopic (exact) mass is 566 g/mol. The van der Waals surface area contributed by atoms with Crippen LogP contribution in [0.3, 0.4) is 0 Å². The molecule has 0 aliphatic rings. The number of fused-ring (bicyclic) bond motifs is 2. The maximum atomic E-state index is 13.9. The topological polar surface area (TPSA) is 68.2 Å². The number of carbonyl (C=O) groups is 1. The molecule has 0 bridgehead atoms. The molecule has 9 heteroatoms. The van der Waals surface area contributed by atoms with Crippen molar-refractivity contribution >= 4 is 76.6 Å². The van der Waals surface area contributed by atoms with Gasteiger partial charge in [0.05, 0.1) is 27.4 Å². The minimum atomic E-state index is -3.28. The summed E-state index contributed by atoms with van der Waals surface area (Å²) < 4.78 is 28.2. The molecule has 1 N–H and O–H groups in total. The van der Waals surface area contributed by atoms with Gasteiger partial charge in [-0.2, -0.15) is 0 Å². The number of rotatable bonds is 7. The zero-order valence-corrected chi connectivity index (χ0v) is 21.9. The zero-order valence-electron chi connectivity index (χ0n) is 18.0. The van der Waals surface area contributed by atoms with Crippen LogP contribution in [-0.2, 0) is 16.6 Å². The maximum Gasteiger partial charge on any atom is 0.208 e. The van der Waals surface area contributed by atoms with Gasteiger partial charge in [0.25, 0.3) is 0 Å². The van der Waals surface area contributed by atoms with Gasteiger partial charge in [-0.05, 0) is 42.3 Å². The van der Waals surface area contributed by atoms with Crippen LogP contribution in [-0.4, -0.2) is 31.6 Å². The molecule has 0 amide bonds. The summed E-state index contributed by atoms with van der Waals surface area (Å²) in [5, 5.41) is 3.29. The van der Waals surface area contributed by atoms with Gasteiger partial charge in [-0.1, -0.05) is 69.5 Å². The molecule has 0 spiro atoms. The summed E-state index contributed by atoms with van der Waals surface area (Å²) in [6.45, 7) is 2.62. The van der Waals surface area contributed by atoms with Gasteiger partial charge in [-0.15, -0.1) is 0 Å². The molecule has 0 unspecified atom stereocenters. The first-order valence-corrected chi connectivity index (χ1v) is 13.7. The van der Waals surface area contributed by atoms with Crippen LogP contribution in [0, 0.1) is 6.92 Å². The highest BCUT2D eigenvalue weighted by Gasteiger charge is 2.25. The number of hydrogen-bond acceptors (Lipinski definition) is 3. The number of aromatic nitrogens is 1. The highest BCUT2D eigenvalue weighted by molar-refractivity contribution is 9.10. The van der Waals surface area contributed by atoms with E-state index in [0.717, 1.165) is 32.6 Å². The van der Waals surface area contributed by atoms with Crippen molar-refractivity contribution in [3.63, 3.8) is 0 Å². The lowest BCUT2D eigenvalue weighted by Gasteiger charge is -2.11. The number of ketones is 1. The van der Waals surface area contributed by atoms with Crippen LogP contribution in [0.1, 0.15) is 28.0 Å². The second-order valence-corrected chi connectivity index (χ2v) is 11.3. The normalized spacial score (nSPS) is 12.0. The number of nitrogens with zero attached hydrogens (tertiary/aromatic N) is 1. The fourth-order valence-corrected chi connectivity index (χ4v) is 5.57. The number of halogens is 3. The van der Waals surface area contributed by atoms with E-state index in [-0.39, 0.29) is 12.3 Å². The standard InChI is InChI=1S/C24H21BrCl2N2O3S/c1-14-21(24(30)17-8-10-19(25)16-7-4-3-6-15(16)17)18-9-11-20(26)22(27)23(18)29(14)13-5-12-28-33(2,31)32/h3-4,6-11,28H,5,12-13H2,1-2H3. The Morgan fingerprint density at radius 1 is 1.03 bits per heavy atom. The first kappa shape index (κ1) is 24.2. The zero-order chi connectivity index (χ0) is 23.9. The Hall–Kier alpha value is -1.90. The van der Waals surface area contributed by atoms with E-state index in [4.69, 9.17) is 23.2 Å². The lowest BCUT2D eigenvalue weighted by molar-refractivity contribution is 0.104. The second-order valence-electron chi connectivity index (χ2n) is 7.86. The number of hydrogen-bond donors (Lipinski definition) is 1. The fourth-order valence-electron chi connectivity index (χ4n) is 4.16. The number of nitrogens with one attached hydrogen (secondary N) is 1. The molecule has 33 heavy (non-hydrogen) atoms. The van der Waals surface area contributed by atoms with Crippen LogP contribution < -0.4 is 4.72 Å². The Morgan fingerprint density at radius 2 is 1.73 bits per heavy atom. The lowest BCUT2D eigenvalue weighted by Crippen LogP contribution is -2.24. The van der Waals surface area contributed by atoms with E-state index < -0.39 is 10.0 Å². The van der Waals surface area contributed by atoms with Gasteiger partial charge >= 0.3 is 0 Å². The molecule has 0 radical (unpaired) electrons. The minimum absolute atomic E-state index is 0.104. The molecule has 4 rings (SSSR count). The first-order chi connectivity index (χ1) is 15.6. The average molecular weight is 568 g/mol. The van der Waals surface area contributed by atoms with Crippen molar-refractivity contribution in [2.45, 2.75) is 19.9 Å². The summed E-state index contributed by atoms with van der Waals surface area (Å²) >= 11 is 16.5. The smallest absolute Gasteiger partial charge is 0.208 e. The van der Waals surface area contributed by atoms with Crippen LogP contribution in [0.4, 0.5) is 0 Å². The van der Waals surface area contributed by atoms with Crippen molar-refractivity contribution in [2.24, 2.45) is 0 Å². The molecule has 5 nitrogen and oxygen atoms in total. The van der Waals surface area contributed by atoms with Gasteiger partial charge in [0.15, 0.2) is 5.78 Å². The van der Waals surface area contributed by atoms with Gasteiger partial charge in [0.2, 0.25) is 10.0 Å². The predicted octanol–water partition coefficient (Wildman–Crippen LogP) is 6.34. The molecule has 0 fully saturated rings. The summed E-state index contributed by atoms with van der Waals surface area (Å²) in [4.78, 5) is 13.9. The molecule has 172 valence electrons. The van der Waals surface area contributed by atoms with Gasteiger partial charge in [0, 0.05) is 34.2 Å². The molecule has 0 aliphatic heterocycles. The molecule has 0 saturated carbocycles. The summed E-state index contributed by atoms with van der Waals surface area (Å²) in [6.07, 6.45) is 1.65. The number of aryl methyl sites for hydroxylation is 1. The molecule has 1 aromatic heterocycles. The van der Waals surface area contributed by atoms with Crippen LogP contribution in [0.5, 0.6) is 0 Å². The Kier molecular flexibility index (Phi) is 6.90. The van der Waals surface area contributed by atoms with Crippen LogP contribution in [0.2, 0.25) is 10.0 Å². The van der Waals surface area contributed by atoms with Crippen LogP contribution >= 0.6 is 39.1 Å². The van der Waals surface area contributed by atoms with Crippen molar-refractivity contribution < 1.29 is 13.2 Å². The summed E-state index contributed by atoms with van der Waals surface area (Å²) in [7, 11) is -3.28. The second kappa shape index (κ2) is 9.39. The van der Waals surface area contributed by atoms with Crippen LogP contribution in [0.25, 0.3) is 21.7 Å². The Labute approximate surface area is 210 Å². The highest BCUT2D eigenvalue weighted by Crippen LogP contribution is 2.38. The van der Waals surface area contributed by atoms with Gasteiger partial charge < -0.3 is 4.57 Å². The summed E-state index contributed by atoms with van der Waals surface area (Å²) in [5.74, 6) is -0.104. The molecule has 0 saturated heterocycles. The van der Waals surface area contributed by atoms with Crippen molar-refractivity contribution in [2.75, 3.05) is 12.8 Å². The van der Waals surface area contributed by atoms with Crippen molar-refractivity contribution in [1.29, 1.82) is 0 Å². The average Bonchev–Trinajstić information content (AvgIpc) is 3.05. The summed E-state index contributed by atoms with van der Waals surface area (Å²) in [6, 6.07) is 15.0. The minimum Gasteiger partial charge on any atom is -0.343 e. The first-order valence-electron chi connectivity index (χ1n) is 10.2. The van der Waals surface area contributed by atoms with Crippen molar-refractivity contribution in [3.05, 3.63) is 79.9 Å². The van der Waals surface area contributed by atoms with E-state index in [1.54, 1.807) is 6.07 Å². The highest BCUT2D eigenvalue weighted by atomic mass is 79.9. The molecule has 0 atom stereocenters.